The maximum Gasteiger partial charge on any atom is 0.227 e. The van der Waals surface area contributed by atoms with Crippen LogP contribution in [-0.2, 0) is 14.4 Å². The molecule has 2 amide bonds. The number of aliphatic hydroxyl groups is 1. The van der Waals surface area contributed by atoms with Crippen molar-refractivity contribution < 1.29 is 19.5 Å². The van der Waals surface area contributed by atoms with Gasteiger partial charge in [-0.1, -0.05) is 126 Å². The van der Waals surface area contributed by atoms with Crippen molar-refractivity contribution in [3.05, 3.63) is 186 Å². The van der Waals surface area contributed by atoms with Crippen LogP contribution in [-0.4, -0.2) is 28.4 Å². The first-order valence-corrected chi connectivity index (χ1v) is 22.8. The standard InChI is InChI=1S/C56H58N4O4/c1-5-9-23-39(7-3)55(63)57-49-37-45(59(41-25-15-11-16-26-41)42-27-17-12-18-28-42)33-35-47(49)51-53(61)52(54(51)62)48-36-34-46(38-50(48)58-56(64)40(8-4)24-10-6-2)60(43-29-19-13-20-30-43)44-31-21-14-22-32-44/h11-22,25-40H,5-10,23-24H2,1-4H3,(H2,57,58,61,62,63,64)/p+1. The number of carbonyl (C=O) groups is 3. The molecule has 2 atom stereocenters. The minimum atomic E-state index is -0.383. The summed E-state index contributed by atoms with van der Waals surface area (Å²) in [5.41, 5.74) is 7.11. The molecule has 3 N–H and O–H groups in total. The summed E-state index contributed by atoms with van der Waals surface area (Å²) < 4.78 is 2.09. The normalized spacial score (nSPS) is 15.5. The zero-order valence-corrected chi connectivity index (χ0v) is 37.4. The number of ketones is 1. The van der Waals surface area contributed by atoms with Crippen molar-refractivity contribution in [2.45, 2.75) is 79.1 Å². The molecule has 2 unspecified atom stereocenters. The number of nitrogens with one attached hydrogen (secondary N) is 2. The molecule has 0 spiro atoms. The zero-order valence-electron chi connectivity index (χ0n) is 37.4. The summed E-state index contributed by atoms with van der Waals surface area (Å²) in [6.45, 7) is 8.26. The Hall–Kier alpha value is -7.06. The van der Waals surface area contributed by atoms with Crippen LogP contribution in [0, 0.1) is 11.8 Å². The molecule has 2 aliphatic rings. The van der Waals surface area contributed by atoms with Crippen molar-refractivity contribution in [3.63, 3.8) is 0 Å². The lowest BCUT2D eigenvalue weighted by Crippen LogP contribution is -2.34. The summed E-state index contributed by atoms with van der Waals surface area (Å²) in [5.74, 6) is -1.29. The minimum Gasteiger partial charge on any atom is -0.506 e. The third-order valence-corrected chi connectivity index (χ3v) is 12.1. The maximum atomic E-state index is 14.7. The van der Waals surface area contributed by atoms with Gasteiger partial charge in [0.2, 0.25) is 34.7 Å². The fraction of sp³-hybridized carbons (Fsp3) is 0.250. The van der Waals surface area contributed by atoms with E-state index < -0.39 is 0 Å². The molecule has 0 radical (unpaired) electrons. The summed E-state index contributed by atoms with van der Waals surface area (Å²) in [4.78, 5) is 44.9. The van der Waals surface area contributed by atoms with Crippen LogP contribution < -0.4 is 20.1 Å². The molecule has 0 bridgehead atoms. The fourth-order valence-electron chi connectivity index (χ4n) is 8.50. The van der Waals surface area contributed by atoms with Gasteiger partial charge in [0, 0.05) is 76.5 Å². The van der Waals surface area contributed by atoms with Crippen LogP contribution in [0.2, 0.25) is 0 Å². The van der Waals surface area contributed by atoms with Crippen molar-refractivity contribution >= 4 is 63.0 Å². The Morgan fingerprint density at radius 2 is 1.11 bits per heavy atom. The predicted molar refractivity (Wildman–Crippen MR) is 263 cm³/mol. The molecular formula is C56H59N4O4+. The van der Waals surface area contributed by atoms with Crippen molar-refractivity contribution in [2.75, 3.05) is 10.2 Å². The van der Waals surface area contributed by atoms with Gasteiger partial charge in [0.15, 0.2) is 0 Å². The van der Waals surface area contributed by atoms with E-state index in [0.29, 0.717) is 35.4 Å². The Balaban J connectivity index is 1.37. The number of hydrogen-bond acceptors (Lipinski definition) is 5. The zero-order chi connectivity index (χ0) is 45.0. The fourth-order valence-corrected chi connectivity index (χ4v) is 8.50. The number of aliphatic hydroxyl groups excluding tert-OH is 1. The van der Waals surface area contributed by atoms with E-state index in [4.69, 9.17) is 0 Å². The van der Waals surface area contributed by atoms with Gasteiger partial charge in [-0.15, -0.1) is 0 Å². The number of allylic oxidation sites excluding steroid dienone is 5. The summed E-state index contributed by atoms with van der Waals surface area (Å²) in [6, 6.07) is 45.5. The molecule has 0 fully saturated rings. The molecule has 8 nitrogen and oxygen atoms in total. The average Bonchev–Trinajstić information content (AvgIpc) is 3.32. The van der Waals surface area contributed by atoms with Gasteiger partial charge in [-0.25, -0.2) is 0 Å². The Morgan fingerprint density at radius 1 is 0.609 bits per heavy atom. The highest BCUT2D eigenvalue weighted by atomic mass is 16.3. The van der Waals surface area contributed by atoms with Gasteiger partial charge < -0.3 is 20.6 Å². The quantitative estimate of drug-likeness (QED) is 0.0602. The Bertz CT molecular complexity index is 2530. The van der Waals surface area contributed by atoms with Gasteiger partial charge in [0.1, 0.15) is 5.76 Å². The second-order valence-electron chi connectivity index (χ2n) is 16.4. The number of carbonyl (C=O) groups excluding carboxylic acids is 3. The largest absolute Gasteiger partial charge is 0.506 e. The van der Waals surface area contributed by atoms with Crippen LogP contribution in [0.25, 0.3) is 5.57 Å². The first kappa shape index (κ1) is 45.0. The van der Waals surface area contributed by atoms with Crippen molar-refractivity contribution in [1.82, 2.24) is 9.89 Å². The van der Waals surface area contributed by atoms with E-state index in [-0.39, 0.29) is 46.3 Å². The number of Topliss-reactive ketones (excluding diaryl/α,β-unsaturated/α-hetero) is 1. The van der Waals surface area contributed by atoms with E-state index in [0.717, 1.165) is 72.7 Å². The molecule has 0 saturated heterocycles. The predicted octanol–water partition coefficient (Wildman–Crippen LogP) is 13.2. The number of rotatable bonds is 18. The highest BCUT2D eigenvalue weighted by Crippen LogP contribution is 2.45. The first-order chi connectivity index (χ1) is 31.3. The van der Waals surface area contributed by atoms with Crippen LogP contribution in [0.1, 0.15) is 84.6 Å². The SMILES string of the molecule is CCCCC(CC)C(=O)NC1=CC(=[N+](c2ccccc2)c2ccccc2)C=CC1=C1C(=O)C(c2ccc(N(c3ccccc3)c3ccccc3)cc2NC(=O)C(CC)CCCC)=C1O. The van der Waals surface area contributed by atoms with E-state index in [1.807, 2.05) is 159 Å². The number of anilines is 4. The number of para-hydroxylation sites is 4. The number of benzene rings is 5. The highest BCUT2D eigenvalue weighted by molar-refractivity contribution is 6.40. The second-order valence-corrected chi connectivity index (χ2v) is 16.4. The lowest BCUT2D eigenvalue weighted by atomic mass is 9.78. The van der Waals surface area contributed by atoms with Crippen LogP contribution in [0.5, 0.6) is 0 Å². The second kappa shape index (κ2) is 21.3. The van der Waals surface area contributed by atoms with Crippen LogP contribution in [0.4, 0.5) is 34.1 Å². The summed E-state index contributed by atoms with van der Waals surface area (Å²) >= 11 is 0. The average molecular weight is 852 g/mol. The van der Waals surface area contributed by atoms with Gasteiger partial charge in [-0.2, -0.15) is 4.58 Å². The molecule has 0 aromatic heterocycles. The van der Waals surface area contributed by atoms with Crippen LogP contribution >= 0.6 is 0 Å². The minimum absolute atomic E-state index is 0.107. The van der Waals surface area contributed by atoms with Gasteiger partial charge >= 0.3 is 0 Å². The third-order valence-electron chi connectivity index (χ3n) is 12.1. The van der Waals surface area contributed by atoms with Crippen LogP contribution in [0.3, 0.4) is 0 Å². The maximum absolute atomic E-state index is 14.7. The van der Waals surface area contributed by atoms with E-state index in [1.54, 1.807) is 12.1 Å². The van der Waals surface area contributed by atoms with Gasteiger partial charge in [-0.3, -0.25) is 14.4 Å². The Kier molecular flexibility index (Phi) is 15.0. The van der Waals surface area contributed by atoms with Gasteiger partial charge in [-0.05, 0) is 74.2 Å². The van der Waals surface area contributed by atoms with Crippen LogP contribution in [0.15, 0.2) is 180 Å². The van der Waals surface area contributed by atoms with E-state index in [9.17, 15) is 19.5 Å². The summed E-state index contributed by atoms with van der Waals surface area (Å²) in [5, 5.41) is 18.6. The Morgan fingerprint density at radius 3 is 1.59 bits per heavy atom. The van der Waals surface area contributed by atoms with E-state index >= 15 is 0 Å². The van der Waals surface area contributed by atoms with Crippen molar-refractivity contribution in [3.8, 4) is 0 Å². The van der Waals surface area contributed by atoms with E-state index in [1.165, 1.54) is 0 Å². The molecular weight excluding hydrogens is 793 g/mol. The highest BCUT2D eigenvalue weighted by Gasteiger charge is 2.40. The first-order valence-electron chi connectivity index (χ1n) is 22.8. The molecule has 64 heavy (non-hydrogen) atoms. The van der Waals surface area contributed by atoms with Gasteiger partial charge in [0.25, 0.3) is 0 Å². The Labute approximate surface area is 378 Å². The summed E-state index contributed by atoms with van der Waals surface area (Å²) in [6.07, 6.45) is 12.2. The van der Waals surface area contributed by atoms with Crippen molar-refractivity contribution in [2.24, 2.45) is 11.8 Å². The number of unbranched alkanes of at least 4 members (excludes halogenated alkanes) is 2. The molecule has 7 rings (SSSR count). The number of hydrogen-bond donors (Lipinski definition) is 3. The molecule has 5 aromatic rings. The molecule has 326 valence electrons. The molecule has 8 heteroatoms. The molecule has 2 aliphatic carbocycles. The van der Waals surface area contributed by atoms with Crippen molar-refractivity contribution in [1.29, 1.82) is 0 Å². The molecule has 0 saturated carbocycles. The third kappa shape index (κ3) is 9.92. The smallest absolute Gasteiger partial charge is 0.227 e. The molecule has 0 aliphatic heterocycles. The lowest BCUT2D eigenvalue weighted by molar-refractivity contribution is -0.124. The monoisotopic (exact) mass is 851 g/mol. The molecule has 0 heterocycles. The van der Waals surface area contributed by atoms with E-state index in [2.05, 4.69) is 34.0 Å². The molecule has 5 aromatic carbocycles. The lowest BCUT2D eigenvalue weighted by Gasteiger charge is -2.29. The number of nitrogens with zero attached hydrogens (tertiary/aromatic N) is 2. The topological polar surface area (TPSA) is 102 Å². The number of amides is 2. The van der Waals surface area contributed by atoms with Gasteiger partial charge in [0.05, 0.1) is 22.5 Å². The summed E-state index contributed by atoms with van der Waals surface area (Å²) in [7, 11) is 0.